The first-order chi connectivity index (χ1) is 9.00. The molecule has 0 bridgehead atoms. The van der Waals surface area contributed by atoms with Gasteiger partial charge in [0, 0.05) is 10.4 Å². The molecule has 0 aromatic heterocycles. The van der Waals surface area contributed by atoms with Crippen molar-refractivity contribution < 1.29 is 8.78 Å². The van der Waals surface area contributed by atoms with Crippen LogP contribution in [0.3, 0.4) is 0 Å². The van der Waals surface area contributed by atoms with Crippen LogP contribution in [0, 0.1) is 11.6 Å². The maximum Gasteiger partial charge on any atom is 0.129 e. The minimum Gasteiger partial charge on any atom is -0.207 e. The summed E-state index contributed by atoms with van der Waals surface area (Å²) in [6.45, 7) is 0. The fourth-order valence-electron chi connectivity index (χ4n) is 1.78. The van der Waals surface area contributed by atoms with E-state index < -0.39 is 11.6 Å². The fraction of sp³-hybridized carbons (Fsp3) is 0.143. The van der Waals surface area contributed by atoms with Crippen molar-refractivity contribution in [3.63, 3.8) is 0 Å². The highest BCUT2D eigenvalue weighted by Gasteiger charge is 2.18. The van der Waals surface area contributed by atoms with Crippen molar-refractivity contribution in [2.45, 2.75) is 11.2 Å². The van der Waals surface area contributed by atoms with Crippen molar-refractivity contribution in [1.29, 1.82) is 0 Å². The molecule has 100 valence electrons. The van der Waals surface area contributed by atoms with Crippen LogP contribution in [-0.2, 0) is 6.42 Å². The van der Waals surface area contributed by atoms with Gasteiger partial charge in [0.1, 0.15) is 11.6 Å². The second-order valence-electron chi connectivity index (χ2n) is 4.01. The molecule has 0 nitrogen and oxygen atoms in total. The Kier molecular flexibility index (Phi) is 4.82. The van der Waals surface area contributed by atoms with E-state index in [1.807, 2.05) is 0 Å². The van der Waals surface area contributed by atoms with Gasteiger partial charge in [-0.15, -0.1) is 0 Å². The normalized spacial score (nSPS) is 12.5. The Hall–Kier alpha value is -0.640. The van der Waals surface area contributed by atoms with Crippen LogP contribution in [0.2, 0.25) is 10.0 Å². The Labute approximate surface area is 128 Å². The Morgan fingerprint density at radius 1 is 1.00 bits per heavy atom. The van der Waals surface area contributed by atoms with Crippen molar-refractivity contribution in [2.75, 3.05) is 0 Å². The van der Waals surface area contributed by atoms with Crippen LogP contribution in [-0.4, -0.2) is 0 Å². The van der Waals surface area contributed by atoms with Gasteiger partial charge in [-0.3, -0.25) is 0 Å². The molecule has 0 saturated carbocycles. The zero-order chi connectivity index (χ0) is 14.0. The number of hydrogen-bond donors (Lipinski definition) is 0. The van der Waals surface area contributed by atoms with Crippen LogP contribution in [0.25, 0.3) is 0 Å². The van der Waals surface area contributed by atoms with E-state index >= 15 is 0 Å². The Balaban J connectivity index is 2.31. The molecule has 0 saturated heterocycles. The minimum absolute atomic E-state index is 0.0282. The van der Waals surface area contributed by atoms with Crippen molar-refractivity contribution in [3.8, 4) is 0 Å². The summed E-state index contributed by atoms with van der Waals surface area (Å²) >= 11 is 15.4. The van der Waals surface area contributed by atoms with Gasteiger partial charge in [-0.1, -0.05) is 57.3 Å². The van der Waals surface area contributed by atoms with Crippen LogP contribution < -0.4 is 0 Å². The summed E-state index contributed by atoms with van der Waals surface area (Å²) < 4.78 is 27.2. The van der Waals surface area contributed by atoms with Gasteiger partial charge in [0.15, 0.2) is 0 Å². The predicted molar refractivity (Wildman–Crippen MR) is 78.2 cm³/mol. The summed E-state index contributed by atoms with van der Waals surface area (Å²) in [5, 5.41) is 0.806. The van der Waals surface area contributed by atoms with Gasteiger partial charge in [-0.05, 0) is 30.2 Å². The van der Waals surface area contributed by atoms with Crippen molar-refractivity contribution >= 4 is 39.1 Å². The molecule has 1 unspecified atom stereocenters. The lowest BCUT2D eigenvalue weighted by Crippen LogP contribution is -2.02. The monoisotopic (exact) mass is 364 g/mol. The van der Waals surface area contributed by atoms with Gasteiger partial charge in [-0.25, -0.2) is 8.78 Å². The van der Waals surface area contributed by atoms with Crippen LogP contribution in [0.1, 0.15) is 16.0 Å². The lowest BCUT2D eigenvalue weighted by atomic mass is 10.0. The number of alkyl halides is 1. The zero-order valence-electron chi connectivity index (χ0n) is 9.64. The summed E-state index contributed by atoms with van der Waals surface area (Å²) in [5.74, 6) is -1.13. The SMILES string of the molecule is Fc1cccc(F)c1CC(Br)c1cccc(Cl)c1Cl. The van der Waals surface area contributed by atoms with E-state index in [9.17, 15) is 8.78 Å². The second kappa shape index (κ2) is 6.21. The highest BCUT2D eigenvalue weighted by Crippen LogP contribution is 2.36. The van der Waals surface area contributed by atoms with Crippen molar-refractivity contribution in [1.82, 2.24) is 0 Å². The van der Waals surface area contributed by atoms with E-state index in [-0.39, 0.29) is 16.8 Å². The zero-order valence-corrected chi connectivity index (χ0v) is 12.7. The quantitative estimate of drug-likeness (QED) is 0.589. The highest BCUT2D eigenvalue weighted by atomic mass is 79.9. The average molecular weight is 366 g/mol. The highest BCUT2D eigenvalue weighted by molar-refractivity contribution is 9.09. The van der Waals surface area contributed by atoms with Gasteiger partial charge in [0.05, 0.1) is 10.0 Å². The molecule has 1 atom stereocenters. The molecular weight excluding hydrogens is 357 g/mol. The van der Waals surface area contributed by atoms with Crippen molar-refractivity contribution in [2.24, 2.45) is 0 Å². The molecule has 0 radical (unpaired) electrons. The molecule has 0 fully saturated rings. The van der Waals surface area contributed by atoms with E-state index in [1.54, 1.807) is 18.2 Å². The molecule has 0 spiro atoms. The Morgan fingerprint density at radius 3 is 2.21 bits per heavy atom. The van der Waals surface area contributed by atoms with Gasteiger partial charge in [0.25, 0.3) is 0 Å². The van der Waals surface area contributed by atoms with Crippen LogP contribution in [0.15, 0.2) is 36.4 Å². The maximum absolute atomic E-state index is 13.6. The molecule has 0 amide bonds. The van der Waals surface area contributed by atoms with Crippen LogP contribution in [0.4, 0.5) is 8.78 Å². The summed E-state index contributed by atoms with van der Waals surface area (Å²) in [7, 11) is 0. The first-order valence-electron chi connectivity index (χ1n) is 5.51. The van der Waals surface area contributed by atoms with E-state index in [0.29, 0.717) is 15.6 Å². The molecule has 0 aliphatic rings. The maximum atomic E-state index is 13.6. The van der Waals surface area contributed by atoms with Gasteiger partial charge >= 0.3 is 0 Å². The lowest BCUT2D eigenvalue weighted by Gasteiger charge is -2.14. The molecule has 0 aliphatic heterocycles. The summed E-state index contributed by atoms with van der Waals surface area (Å²) in [5.41, 5.74) is 0.734. The van der Waals surface area contributed by atoms with E-state index in [1.165, 1.54) is 18.2 Å². The molecular formula is C14H9BrCl2F2. The summed E-state index contributed by atoms with van der Waals surface area (Å²) in [4.78, 5) is -0.315. The third kappa shape index (κ3) is 3.28. The standard InChI is InChI=1S/C14H9BrCl2F2/c15-10(8-3-1-4-11(16)14(8)17)7-9-12(18)5-2-6-13(9)19/h1-6,10H,7H2. The molecule has 2 rings (SSSR count). The van der Waals surface area contributed by atoms with E-state index in [2.05, 4.69) is 15.9 Å². The van der Waals surface area contributed by atoms with Gasteiger partial charge in [0.2, 0.25) is 0 Å². The third-order valence-corrected chi connectivity index (χ3v) is 4.41. The molecule has 0 heterocycles. The molecule has 2 aromatic carbocycles. The largest absolute Gasteiger partial charge is 0.207 e. The number of hydrogen-bond acceptors (Lipinski definition) is 0. The third-order valence-electron chi connectivity index (χ3n) is 2.76. The number of rotatable bonds is 3. The minimum atomic E-state index is -0.567. The number of halogens is 5. The first-order valence-corrected chi connectivity index (χ1v) is 7.18. The van der Waals surface area contributed by atoms with E-state index in [0.717, 1.165) is 0 Å². The Bertz CT molecular complexity index is 582. The molecule has 2 aromatic rings. The average Bonchev–Trinajstić information content (AvgIpc) is 2.37. The predicted octanol–water partition coefficient (Wildman–Crippen LogP) is 5.95. The topological polar surface area (TPSA) is 0 Å². The molecule has 0 aliphatic carbocycles. The van der Waals surface area contributed by atoms with E-state index in [4.69, 9.17) is 23.2 Å². The molecule has 0 N–H and O–H groups in total. The smallest absolute Gasteiger partial charge is 0.129 e. The fourth-order valence-corrected chi connectivity index (χ4v) is 3.06. The van der Waals surface area contributed by atoms with Crippen LogP contribution >= 0.6 is 39.1 Å². The van der Waals surface area contributed by atoms with Gasteiger partial charge in [-0.2, -0.15) is 0 Å². The summed E-state index contributed by atoms with van der Waals surface area (Å²) in [6.07, 6.45) is 0.151. The Morgan fingerprint density at radius 2 is 1.58 bits per heavy atom. The molecule has 19 heavy (non-hydrogen) atoms. The first kappa shape index (κ1) is 14.8. The molecule has 5 heteroatoms. The van der Waals surface area contributed by atoms with Gasteiger partial charge < -0.3 is 0 Å². The van der Waals surface area contributed by atoms with Crippen LogP contribution in [0.5, 0.6) is 0 Å². The number of benzene rings is 2. The second-order valence-corrected chi connectivity index (χ2v) is 5.91. The summed E-state index contributed by atoms with van der Waals surface area (Å²) in [6, 6.07) is 8.98. The lowest BCUT2D eigenvalue weighted by molar-refractivity contribution is 0.554. The van der Waals surface area contributed by atoms with Crippen molar-refractivity contribution in [3.05, 3.63) is 69.2 Å².